The Bertz CT molecular complexity index is 338. The second kappa shape index (κ2) is 8.90. The summed E-state index contributed by atoms with van der Waals surface area (Å²) in [5.74, 6) is -0.357. The molecule has 1 saturated carbocycles. The predicted octanol–water partition coefficient (Wildman–Crippen LogP) is 3.10. The molecule has 1 rings (SSSR count). The number of rotatable bonds is 7. The molecule has 5 heteroatoms. The molecule has 21 heavy (non-hydrogen) atoms. The van der Waals surface area contributed by atoms with Crippen LogP contribution in [0, 0.1) is 11.8 Å². The minimum absolute atomic E-state index is 0.00575. The van der Waals surface area contributed by atoms with Crippen molar-refractivity contribution in [2.75, 3.05) is 13.6 Å². The van der Waals surface area contributed by atoms with Gasteiger partial charge in [-0.25, -0.2) is 4.79 Å². The lowest BCUT2D eigenvalue weighted by atomic mass is 9.94. The highest BCUT2D eigenvalue weighted by molar-refractivity contribution is 5.74. The smallest absolute Gasteiger partial charge is 0.317 e. The van der Waals surface area contributed by atoms with E-state index >= 15 is 0 Å². The third-order valence-corrected chi connectivity index (χ3v) is 4.25. The molecule has 0 saturated heterocycles. The van der Waals surface area contributed by atoms with Gasteiger partial charge in [-0.3, -0.25) is 4.79 Å². The maximum Gasteiger partial charge on any atom is 0.317 e. The van der Waals surface area contributed by atoms with Gasteiger partial charge in [0.25, 0.3) is 0 Å². The molecule has 2 amide bonds. The summed E-state index contributed by atoms with van der Waals surface area (Å²) in [6.45, 7) is 4.59. The van der Waals surface area contributed by atoms with Crippen LogP contribution in [-0.4, -0.2) is 41.6 Å². The minimum Gasteiger partial charge on any atom is -0.481 e. The number of nitrogens with zero attached hydrogens (tertiary/aromatic N) is 1. The van der Waals surface area contributed by atoms with E-state index < -0.39 is 5.97 Å². The highest BCUT2D eigenvalue weighted by Crippen LogP contribution is 2.21. The number of carboxylic acids is 1. The fourth-order valence-electron chi connectivity index (χ4n) is 3.14. The fraction of sp³-hybridized carbons (Fsp3) is 0.875. The molecule has 0 bridgehead atoms. The van der Waals surface area contributed by atoms with E-state index in [2.05, 4.69) is 19.2 Å². The number of nitrogens with one attached hydrogen (secondary N) is 1. The van der Waals surface area contributed by atoms with Gasteiger partial charge in [-0.1, -0.05) is 33.1 Å². The first-order chi connectivity index (χ1) is 9.90. The van der Waals surface area contributed by atoms with Crippen LogP contribution in [0.4, 0.5) is 4.79 Å². The van der Waals surface area contributed by atoms with Gasteiger partial charge >= 0.3 is 12.0 Å². The van der Waals surface area contributed by atoms with Crippen LogP contribution < -0.4 is 5.32 Å². The summed E-state index contributed by atoms with van der Waals surface area (Å²) in [4.78, 5) is 24.9. The third kappa shape index (κ3) is 6.82. The lowest BCUT2D eigenvalue weighted by Crippen LogP contribution is -2.45. The number of hydrogen-bond donors (Lipinski definition) is 2. The van der Waals surface area contributed by atoms with Crippen LogP contribution in [0.15, 0.2) is 0 Å². The summed E-state index contributed by atoms with van der Waals surface area (Å²) < 4.78 is 0. The second-order valence-corrected chi connectivity index (χ2v) is 6.68. The number of carboxylic acid groups (broad SMARTS) is 1. The molecule has 1 fully saturated rings. The maximum atomic E-state index is 12.2. The summed E-state index contributed by atoms with van der Waals surface area (Å²) in [5.41, 5.74) is 0. The van der Waals surface area contributed by atoms with Crippen molar-refractivity contribution in [3.05, 3.63) is 0 Å². The lowest BCUT2D eigenvalue weighted by Gasteiger charge is -2.31. The van der Waals surface area contributed by atoms with Gasteiger partial charge in [-0.2, -0.15) is 0 Å². The summed E-state index contributed by atoms with van der Waals surface area (Å²) in [5, 5.41) is 11.9. The monoisotopic (exact) mass is 298 g/mol. The average molecular weight is 298 g/mol. The van der Waals surface area contributed by atoms with Gasteiger partial charge in [0.15, 0.2) is 0 Å². The quantitative estimate of drug-likeness (QED) is 0.759. The van der Waals surface area contributed by atoms with Crippen LogP contribution in [0.25, 0.3) is 0 Å². The van der Waals surface area contributed by atoms with Gasteiger partial charge in [0, 0.05) is 26.1 Å². The lowest BCUT2D eigenvalue weighted by molar-refractivity contribution is -0.138. The maximum absolute atomic E-state index is 12.2. The molecule has 2 N–H and O–H groups in total. The van der Waals surface area contributed by atoms with Crippen LogP contribution in [0.2, 0.25) is 0 Å². The number of urea groups is 1. The zero-order valence-corrected chi connectivity index (χ0v) is 13.6. The first kappa shape index (κ1) is 17.8. The van der Waals surface area contributed by atoms with Crippen molar-refractivity contribution in [2.24, 2.45) is 11.8 Å². The van der Waals surface area contributed by atoms with Gasteiger partial charge in [0.1, 0.15) is 0 Å². The molecule has 0 aromatic heterocycles. The molecule has 1 aliphatic carbocycles. The molecular weight excluding hydrogens is 268 g/mol. The van der Waals surface area contributed by atoms with Crippen LogP contribution >= 0.6 is 0 Å². The number of carbonyl (C=O) groups excluding carboxylic acids is 1. The average Bonchev–Trinajstić information content (AvgIpc) is 2.43. The molecule has 5 nitrogen and oxygen atoms in total. The van der Waals surface area contributed by atoms with E-state index in [0.717, 1.165) is 19.3 Å². The minimum atomic E-state index is -0.796. The van der Waals surface area contributed by atoms with Crippen molar-refractivity contribution < 1.29 is 14.7 Å². The van der Waals surface area contributed by atoms with Gasteiger partial charge in [0.05, 0.1) is 0 Å². The van der Waals surface area contributed by atoms with Crippen LogP contribution in [-0.2, 0) is 4.79 Å². The second-order valence-electron chi connectivity index (χ2n) is 6.68. The van der Waals surface area contributed by atoms with E-state index in [1.807, 2.05) is 7.05 Å². The van der Waals surface area contributed by atoms with Crippen molar-refractivity contribution >= 4 is 12.0 Å². The van der Waals surface area contributed by atoms with E-state index in [-0.39, 0.29) is 18.4 Å². The SMILES string of the molecule is CC(C)CC(CNC(=O)N(C)C1CCCCC1)CC(=O)O. The molecule has 0 radical (unpaired) electrons. The fourth-order valence-corrected chi connectivity index (χ4v) is 3.14. The Kier molecular flexibility index (Phi) is 7.54. The van der Waals surface area contributed by atoms with E-state index in [0.29, 0.717) is 18.5 Å². The molecule has 0 heterocycles. The Morgan fingerprint density at radius 1 is 1.24 bits per heavy atom. The van der Waals surface area contributed by atoms with Crippen molar-refractivity contribution in [3.63, 3.8) is 0 Å². The Labute approximate surface area is 128 Å². The summed E-state index contributed by atoms with van der Waals surface area (Å²) in [6.07, 6.45) is 6.74. The topological polar surface area (TPSA) is 69.6 Å². The molecule has 0 spiro atoms. The summed E-state index contributed by atoms with van der Waals surface area (Å²) in [6, 6.07) is 0.266. The standard InChI is InChI=1S/C16H30N2O3/c1-12(2)9-13(10-15(19)20)11-17-16(21)18(3)14-7-5-4-6-8-14/h12-14H,4-11H2,1-3H3,(H,17,21)(H,19,20). The molecule has 1 unspecified atom stereocenters. The normalized spacial score (nSPS) is 17.5. The van der Waals surface area contributed by atoms with Crippen molar-refractivity contribution in [1.29, 1.82) is 0 Å². The summed E-state index contributed by atoms with van der Waals surface area (Å²) in [7, 11) is 1.85. The van der Waals surface area contributed by atoms with Gasteiger partial charge in [-0.05, 0) is 31.1 Å². The van der Waals surface area contributed by atoms with Gasteiger partial charge in [0.2, 0.25) is 0 Å². The molecule has 0 aliphatic heterocycles. The molecular formula is C16H30N2O3. The van der Waals surface area contributed by atoms with E-state index in [9.17, 15) is 9.59 Å². The third-order valence-electron chi connectivity index (χ3n) is 4.25. The first-order valence-electron chi connectivity index (χ1n) is 8.12. The zero-order valence-electron chi connectivity index (χ0n) is 13.6. The Morgan fingerprint density at radius 2 is 1.86 bits per heavy atom. The van der Waals surface area contributed by atoms with Crippen molar-refractivity contribution in [3.8, 4) is 0 Å². The molecule has 1 atom stereocenters. The highest BCUT2D eigenvalue weighted by Gasteiger charge is 2.23. The molecule has 0 aromatic rings. The zero-order chi connectivity index (χ0) is 15.8. The largest absolute Gasteiger partial charge is 0.481 e. The van der Waals surface area contributed by atoms with Crippen LogP contribution in [0.1, 0.15) is 58.8 Å². The van der Waals surface area contributed by atoms with Crippen LogP contribution in [0.5, 0.6) is 0 Å². The Balaban J connectivity index is 2.41. The van der Waals surface area contributed by atoms with Crippen molar-refractivity contribution in [2.45, 2.75) is 64.8 Å². The number of hydrogen-bond acceptors (Lipinski definition) is 2. The van der Waals surface area contributed by atoms with Gasteiger partial charge < -0.3 is 15.3 Å². The molecule has 0 aromatic carbocycles. The number of carbonyl (C=O) groups is 2. The van der Waals surface area contributed by atoms with E-state index in [1.165, 1.54) is 19.3 Å². The number of aliphatic carboxylic acids is 1. The van der Waals surface area contributed by atoms with Gasteiger partial charge in [-0.15, -0.1) is 0 Å². The van der Waals surface area contributed by atoms with E-state index in [1.54, 1.807) is 4.90 Å². The van der Waals surface area contributed by atoms with E-state index in [4.69, 9.17) is 5.11 Å². The number of amides is 2. The predicted molar refractivity (Wildman–Crippen MR) is 83.2 cm³/mol. The van der Waals surface area contributed by atoms with Crippen molar-refractivity contribution in [1.82, 2.24) is 10.2 Å². The Morgan fingerprint density at radius 3 is 2.38 bits per heavy atom. The Hall–Kier alpha value is -1.26. The summed E-state index contributed by atoms with van der Waals surface area (Å²) >= 11 is 0. The highest BCUT2D eigenvalue weighted by atomic mass is 16.4. The molecule has 1 aliphatic rings. The van der Waals surface area contributed by atoms with Crippen LogP contribution in [0.3, 0.4) is 0 Å². The molecule has 122 valence electrons. The first-order valence-corrected chi connectivity index (χ1v) is 8.12.